The maximum Gasteiger partial charge on any atom is 0.396 e. The number of rotatable bonds is 4. The van der Waals surface area contributed by atoms with Gasteiger partial charge >= 0.3 is 11.9 Å². The number of esters is 1. The molecule has 2 bridgehead atoms. The van der Waals surface area contributed by atoms with Crippen molar-refractivity contribution in [2.75, 3.05) is 6.61 Å². The molecule has 3 atom stereocenters. The smallest absolute Gasteiger partial charge is 0.396 e. The van der Waals surface area contributed by atoms with Crippen molar-refractivity contribution in [2.24, 2.45) is 17.8 Å². The number of fused-ring (bicyclic) bond motifs is 2. The summed E-state index contributed by atoms with van der Waals surface area (Å²) < 4.78 is 29.6. The summed E-state index contributed by atoms with van der Waals surface area (Å²) in [4.78, 5) is 20.8. The Kier molecular flexibility index (Phi) is 2.95. The third kappa shape index (κ3) is 2.08. The van der Waals surface area contributed by atoms with Gasteiger partial charge in [0, 0.05) is 0 Å². The van der Waals surface area contributed by atoms with E-state index in [1.165, 1.54) is 6.42 Å². The Labute approximate surface area is 92.1 Å². The molecular formula is C11H14F2O3. The lowest BCUT2D eigenvalue weighted by atomic mass is 9.89. The summed E-state index contributed by atoms with van der Waals surface area (Å²) in [7, 11) is 0. The predicted octanol–water partition coefficient (Wildman–Crippen LogP) is 1.80. The van der Waals surface area contributed by atoms with Crippen LogP contribution in [0.3, 0.4) is 0 Å². The van der Waals surface area contributed by atoms with Crippen LogP contribution in [0.2, 0.25) is 0 Å². The van der Waals surface area contributed by atoms with Crippen LogP contribution in [0.5, 0.6) is 0 Å². The summed E-state index contributed by atoms with van der Waals surface area (Å²) in [6.45, 7) is 0.0312. The zero-order valence-corrected chi connectivity index (χ0v) is 8.83. The Morgan fingerprint density at radius 3 is 2.62 bits per heavy atom. The molecule has 0 spiro atoms. The van der Waals surface area contributed by atoms with Crippen LogP contribution in [-0.2, 0) is 14.3 Å². The molecule has 16 heavy (non-hydrogen) atoms. The summed E-state index contributed by atoms with van der Waals surface area (Å²) in [5.41, 5.74) is 0. The number of ether oxygens (including phenoxy) is 1. The van der Waals surface area contributed by atoms with Crippen molar-refractivity contribution >= 4 is 12.3 Å². The molecule has 0 aromatic heterocycles. The van der Waals surface area contributed by atoms with Crippen molar-refractivity contribution in [3.05, 3.63) is 0 Å². The van der Waals surface area contributed by atoms with Crippen LogP contribution in [0.1, 0.15) is 25.7 Å². The zero-order valence-electron chi connectivity index (χ0n) is 8.83. The van der Waals surface area contributed by atoms with E-state index in [0.29, 0.717) is 11.8 Å². The van der Waals surface area contributed by atoms with E-state index in [0.717, 1.165) is 19.3 Å². The molecule has 2 fully saturated rings. The number of hydrogen-bond donors (Lipinski definition) is 0. The second kappa shape index (κ2) is 4.11. The van der Waals surface area contributed by atoms with Crippen molar-refractivity contribution in [2.45, 2.75) is 31.6 Å². The first-order valence-electron chi connectivity index (χ1n) is 5.54. The van der Waals surface area contributed by atoms with Crippen molar-refractivity contribution in [1.29, 1.82) is 0 Å². The van der Waals surface area contributed by atoms with Crippen LogP contribution < -0.4 is 0 Å². The maximum absolute atomic E-state index is 12.6. The van der Waals surface area contributed by atoms with Gasteiger partial charge in [0.25, 0.3) is 0 Å². The monoisotopic (exact) mass is 232 g/mol. The molecule has 0 N–H and O–H groups in total. The molecule has 2 aliphatic rings. The highest BCUT2D eigenvalue weighted by molar-refractivity contribution is 5.94. The minimum Gasteiger partial charge on any atom is -0.461 e. The van der Waals surface area contributed by atoms with Gasteiger partial charge in [-0.25, -0.2) is 4.79 Å². The van der Waals surface area contributed by atoms with Gasteiger partial charge in [-0.1, -0.05) is 6.42 Å². The number of hydrogen-bond acceptors (Lipinski definition) is 3. The molecule has 2 aliphatic carbocycles. The molecule has 5 heteroatoms. The lowest BCUT2D eigenvalue weighted by Gasteiger charge is -2.21. The van der Waals surface area contributed by atoms with Crippen LogP contribution in [-0.4, -0.2) is 24.8 Å². The summed E-state index contributed by atoms with van der Waals surface area (Å²) in [6, 6.07) is 0. The van der Waals surface area contributed by atoms with E-state index < -0.39 is 18.2 Å². The van der Waals surface area contributed by atoms with E-state index in [9.17, 15) is 18.4 Å². The van der Waals surface area contributed by atoms with Gasteiger partial charge in [0.2, 0.25) is 6.29 Å². The molecule has 3 nitrogen and oxygen atoms in total. The fraction of sp³-hybridized carbons (Fsp3) is 0.818. The topological polar surface area (TPSA) is 43.4 Å². The molecule has 0 aromatic rings. The van der Waals surface area contributed by atoms with Crippen LogP contribution in [0, 0.1) is 17.8 Å². The molecule has 3 unspecified atom stereocenters. The number of carbonyl (C=O) groups excluding carboxylic acids is 2. The normalized spacial score (nSPS) is 32.8. The molecule has 0 radical (unpaired) electrons. The van der Waals surface area contributed by atoms with Crippen LogP contribution in [0.4, 0.5) is 8.78 Å². The van der Waals surface area contributed by atoms with Crippen molar-refractivity contribution in [3.63, 3.8) is 0 Å². The average Bonchev–Trinajstić information content (AvgIpc) is 2.87. The highest BCUT2D eigenvalue weighted by Crippen LogP contribution is 2.48. The molecule has 0 heterocycles. The van der Waals surface area contributed by atoms with E-state index in [2.05, 4.69) is 4.74 Å². The number of halogens is 2. The van der Waals surface area contributed by atoms with Crippen molar-refractivity contribution in [1.82, 2.24) is 0 Å². The lowest BCUT2D eigenvalue weighted by Crippen LogP contribution is -2.34. The van der Waals surface area contributed by atoms with Gasteiger partial charge < -0.3 is 4.74 Å². The summed E-state index contributed by atoms with van der Waals surface area (Å²) in [6.07, 6.45) is 3.74. The highest BCUT2D eigenvalue weighted by Gasteiger charge is 2.43. The Morgan fingerprint density at radius 2 is 2.12 bits per heavy atom. The van der Waals surface area contributed by atoms with Crippen molar-refractivity contribution in [3.8, 4) is 0 Å². The van der Waals surface area contributed by atoms with E-state index in [1.807, 2.05) is 0 Å². The molecule has 0 amide bonds. The number of aldehydes is 1. The van der Waals surface area contributed by atoms with Crippen LogP contribution in [0.15, 0.2) is 0 Å². The van der Waals surface area contributed by atoms with E-state index >= 15 is 0 Å². The summed E-state index contributed by atoms with van der Waals surface area (Å²) >= 11 is 0. The summed E-state index contributed by atoms with van der Waals surface area (Å²) in [5.74, 6) is -4.30. The number of carbonyl (C=O) groups is 2. The molecule has 0 aromatic carbocycles. The minimum atomic E-state index is -3.99. The molecule has 2 rings (SSSR count). The molecule has 90 valence electrons. The maximum atomic E-state index is 12.6. The van der Waals surface area contributed by atoms with Gasteiger partial charge in [-0.05, 0) is 37.0 Å². The first-order valence-corrected chi connectivity index (χ1v) is 5.54. The van der Waals surface area contributed by atoms with Gasteiger partial charge in [-0.2, -0.15) is 8.78 Å². The Bertz CT molecular complexity index is 304. The predicted molar refractivity (Wildman–Crippen MR) is 50.9 cm³/mol. The van der Waals surface area contributed by atoms with Crippen LogP contribution >= 0.6 is 0 Å². The van der Waals surface area contributed by atoms with E-state index in [1.54, 1.807) is 0 Å². The van der Waals surface area contributed by atoms with Gasteiger partial charge in [-0.3, -0.25) is 4.79 Å². The Balaban J connectivity index is 1.80. The zero-order chi connectivity index (χ0) is 11.8. The van der Waals surface area contributed by atoms with Gasteiger partial charge in [0.1, 0.15) is 0 Å². The van der Waals surface area contributed by atoms with E-state index in [-0.39, 0.29) is 12.5 Å². The fourth-order valence-electron chi connectivity index (χ4n) is 2.91. The third-order valence-corrected chi connectivity index (χ3v) is 3.73. The lowest BCUT2D eigenvalue weighted by molar-refractivity contribution is -0.173. The average molecular weight is 232 g/mol. The largest absolute Gasteiger partial charge is 0.461 e. The Morgan fingerprint density at radius 1 is 1.38 bits per heavy atom. The summed E-state index contributed by atoms with van der Waals surface area (Å²) in [5, 5.41) is 0. The first-order chi connectivity index (χ1) is 7.53. The quantitative estimate of drug-likeness (QED) is 0.421. The molecule has 0 saturated heterocycles. The first kappa shape index (κ1) is 11.5. The van der Waals surface area contributed by atoms with Gasteiger partial charge in [-0.15, -0.1) is 0 Å². The van der Waals surface area contributed by atoms with Crippen LogP contribution in [0.25, 0.3) is 0 Å². The molecular weight excluding hydrogens is 218 g/mol. The standard InChI is InChI=1S/C11H14F2O3/c12-11(13,6-14)10(15)16-5-9-4-7-1-2-8(9)3-7/h6-9H,1-5H2. The molecule has 2 saturated carbocycles. The third-order valence-electron chi connectivity index (χ3n) is 3.73. The fourth-order valence-corrected chi connectivity index (χ4v) is 2.91. The highest BCUT2D eigenvalue weighted by atomic mass is 19.3. The van der Waals surface area contributed by atoms with Gasteiger partial charge in [0.15, 0.2) is 0 Å². The number of alkyl halides is 2. The second-order valence-corrected chi connectivity index (χ2v) is 4.77. The van der Waals surface area contributed by atoms with Gasteiger partial charge in [0.05, 0.1) is 6.61 Å². The SMILES string of the molecule is O=CC(F)(F)C(=O)OCC1CC2CCC1C2. The van der Waals surface area contributed by atoms with E-state index in [4.69, 9.17) is 0 Å². The minimum absolute atomic E-state index is 0.0312. The second-order valence-electron chi connectivity index (χ2n) is 4.77. The molecule has 0 aliphatic heterocycles. The Hall–Kier alpha value is -1.00. The van der Waals surface area contributed by atoms with Crippen molar-refractivity contribution < 1.29 is 23.1 Å².